The summed E-state index contributed by atoms with van der Waals surface area (Å²) in [5.74, 6) is -1.69. The highest BCUT2D eigenvalue weighted by Gasteiger charge is 2.53. The number of Topliss-reactive ketones (excluding diaryl/α,β-unsaturated/α-hetero) is 1. The van der Waals surface area contributed by atoms with E-state index >= 15 is 0 Å². The first-order valence-corrected chi connectivity index (χ1v) is 18.6. The number of hydrogen-bond acceptors (Lipinski definition) is 6. The molecule has 8 nitrogen and oxygen atoms in total. The quantitative estimate of drug-likeness (QED) is 0.179. The Hall–Kier alpha value is -2.09. The Bertz CT molecular complexity index is 1080. The predicted octanol–water partition coefficient (Wildman–Crippen LogP) is 5.00. The number of amides is 2. The summed E-state index contributed by atoms with van der Waals surface area (Å²) in [4.78, 5) is 54.3. The van der Waals surface area contributed by atoms with Crippen LogP contribution >= 0.6 is 18.6 Å². The van der Waals surface area contributed by atoms with Crippen LogP contribution in [0.3, 0.4) is 0 Å². The molecule has 2 N–H and O–H groups in total. The first-order valence-electron chi connectivity index (χ1n) is 15.2. The fourth-order valence-corrected chi connectivity index (χ4v) is 12.2. The number of β-lactam (4-membered cyclic amide) rings is 1. The number of carboxylic acids is 1. The molecule has 1 aromatic carbocycles. The second kappa shape index (κ2) is 16.5. The molecule has 0 radical (unpaired) electrons. The summed E-state index contributed by atoms with van der Waals surface area (Å²) in [6.07, 6.45) is 9.15. The van der Waals surface area contributed by atoms with Crippen molar-refractivity contribution in [1.29, 1.82) is 0 Å². The zero-order valence-electron chi connectivity index (χ0n) is 24.8. The molecule has 3 rings (SSSR count). The number of unbranched alkanes of at least 4 members (excludes halogenated alkanes) is 3. The van der Waals surface area contributed by atoms with Crippen LogP contribution in [0.5, 0.6) is 0 Å². The third kappa shape index (κ3) is 8.71. The summed E-state index contributed by atoms with van der Waals surface area (Å²) in [7, 11) is 0. The van der Waals surface area contributed by atoms with Gasteiger partial charge in [0.15, 0.2) is 5.78 Å². The largest absolute Gasteiger partial charge is 0.477 e. The number of thioether (sulfide) groups is 1. The first kappa shape index (κ1) is 33.4. The van der Waals surface area contributed by atoms with Crippen molar-refractivity contribution in [3.05, 3.63) is 35.9 Å². The standard InChI is InChI=1S/C31H47N2O6PS/c1-4-7-18-40(19-8-5-2,20-9-6-3)29(31(37)38)33-28(36)27(32-26(35)21-23-14-11-10-12-15-23)30(33)41-22-24(34)25-16-13-17-39-25/h10-12,14-15,25,27,30H,4-9,13,16-22H2,1-3H3,(H,32,35)(H,37,38). The number of ketones is 1. The van der Waals surface area contributed by atoms with Crippen LogP contribution in [0.4, 0.5) is 0 Å². The highest BCUT2D eigenvalue weighted by atomic mass is 32.2. The molecule has 2 fully saturated rings. The van der Waals surface area contributed by atoms with Crippen molar-refractivity contribution in [2.45, 2.75) is 96.1 Å². The van der Waals surface area contributed by atoms with E-state index in [9.17, 15) is 24.3 Å². The molecule has 2 amide bonds. The average Bonchev–Trinajstić information content (AvgIpc) is 3.51. The van der Waals surface area contributed by atoms with E-state index in [0.29, 0.717) is 13.0 Å². The molecule has 10 heteroatoms. The maximum absolute atomic E-state index is 13.8. The Morgan fingerprint density at radius 1 is 1.02 bits per heavy atom. The molecule has 0 aliphatic carbocycles. The van der Waals surface area contributed by atoms with Crippen LogP contribution in [0.2, 0.25) is 0 Å². The summed E-state index contributed by atoms with van der Waals surface area (Å²) in [5, 5.41) is 12.9. The number of hydrogen-bond donors (Lipinski definition) is 2. The van der Waals surface area contributed by atoms with Crippen LogP contribution in [0.1, 0.15) is 77.7 Å². The van der Waals surface area contributed by atoms with Gasteiger partial charge in [-0.3, -0.25) is 19.3 Å². The molecule has 1 aromatic rings. The summed E-state index contributed by atoms with van der Waals surface area (Å²) < 4.78 is 5.57. The Labute approximate surface area is 249 Å². The Balaban J connectivity index is 1.97. The fraction of sp³-hybridized carbons (Fsp3) is 0.645. The second-order valence-electron chi connectivity index (χ2n) is 11.1. The van der Waals surface area contributed by atoms with E-state index in [2.05, 4.69) is 26.1 Å². The van der Waals surface area contributed by atoms with E-state index in [0.717, 1.165) is 69.0 Å². The monoisotopic (exact) mass is 606 g/mol. The third-order valence-corrected chi connectivity index (χ3v) is 14.0. The second-order valence-corrected chi connectivity index (χ2v) is 16.3. The van der Waals surface area contributed by atoms with Gasteiger partial charge in [0, 0.05) is 6.61 Å². The number of nitrogens with one attached hydrogen (secondary N) is 1. The van der Waals surface area contributed by atoms with Crippen LogP contribution < -0.4 is 5.32 Å². The van der Waals surface area contributed by atoms with Gasteiger partial charge in [0.25, 0.3) is 5.91 Å². The predicted molar refractivity (Wildman–Crippen MR) is 168 cm³/mol. The van der Waals surface area contributed by atoms with Crippen molar-refractivity contribution in [2.75, 3.05) is 30.8 Å². The Morgan fingerprint density at radius 3 is 2.15 bits per heavy atom. The molecule has 0 bridgehead atoms. The van der Waals surface area contributed by atoms with Crippen molar-refractivity contribution in [2.24, 2.45) is 0 Å². The van der Waals surface area contributed by atoms with Crippen molar-refractivity contribution < 1.29 is 29.0 Å². The molecule has 2 heterocycles. The molecule has 2 saturated heterocycles. The number of carbonyl (C=O) groups is 4. The topological polar surface area (TPSA) is 113 Å². The molecule has 0 spiro atoms. The van der Waals surface area contributed by atoms with E-state index in [1.807, 2.05) is 30.3 Å². The van der Waals surface area contributed by atoms with E-state index in [1.165, 1.54) is 16.7 Å². The van der Waals surface area contributed by atoms with Gasteiger partial charge in [-0.2, -0.15) is 0 Å². The molecule has 3 unspecified atom stereocenters. The van der Waals surface area contributed by atoms with Gasteiger partial charge >= 0.3 is 5.97 Å². The minimum atomic E-state index is -2.21. The number of nitrogens with zero attached hydrogens (tertiary/aromatic N) is 1. The molecule has 0 saturated carbocycles. The molecule has 2 aliphatic heterocycles. The van der Waals surface area contributed by atoms with Gasteiger partial charge in [0.2, 0.25) is 5.91 Å². The van der Waals surface area contributed by atoms with Crippen LogP contribution in [-0.2, 0) is 30.3 Å². The maximum atomic E-state index is 13.8. The lowest BCUT2D eigenvalue weighted by Gasteiger charge is -2.49. The van der Waals surface area contributed by atoms with Gasteiger partial charge in [-0.05, 0) is 56.2 Å². The van der Waals surface area contributed by atoms with Crippen molar-refractivity contribution in [1.82, 2.24) is 10.2 Å². The summed E-state index contributed by atoms with van der Waals surface area (Å²) >= 11 is 1.25. The number of benzene rings is 1. The van der Waals surface area contributed by atoms with Crippen molar-refractivity contribution in [3.8, 4) is 0 Å². The van der Waals surface area contributed by atoms with Gasteiger partial charge in [0.1, 0.15) is 22.9 Å². The Kier molecular flexibility index (Phi) is 13.5. The number of likely N-dealkylation sites (tertiary alicyclic amines) is 1. The van der Waals surface area contributed by atoms with Gasteiger partial charge in [-0.25, -0.2) is 4.79 Å². The zero-order valence-corrected chi connectivity index (χ0v) is 26.5. The molecular formula is C31H47N2O6PS. The highest BCUT2D eigenvalue weighted by molar-refractivity contribution is 8.00. The van der Waals surface area contributed by atoms with Gasteiger partial charge in [0.05, 0.1) is 12.2 Å². The number of rotatable bonds is 18. The lowest BCUT2D eigenvalue weighted by molar-refractivity contribution is -0.144. The van der Waals surface area contributed by atoms with Crippen LogP contribution in [0, 0.1) is 0 Å². The lowest BCUT2D eigenvalue weighted by Crippen LogP contribution is -2.72. The minimum absolute atomic E-state index is 0.0537. The van der Waals surface area contributed by atoms with Crippen LogP contribution in [-0.4, -0.2) is 87.4 Å². The molecule has 2 aliphatic rings. The summed E-state index contributed by atoms with van der Waals surface area (Å²) in [6.45, 7) is 4.68. The highest BCUT2D eigenvalue weighted by Crippen LogP contribution is 2.54. The maximum Gasteiger partial charge on any atom is 0.352 e. The normalized spacial score (nSPS) is 20.5. The fourth-order valence-electron chi connectivity index (χ4n) is 5.66. The number of carboxylic acid groups (broad SMARTS) is 1. The van der Waals surface area contributed by atoms with Crippen LogP contribution in [0.15, 0.2) is 30.3 Å². The van der Waals surface area contributed by atoms with E-state index in [4.69, 9.17) is 4.74 Å². The first-order chi connectivity index (χ1) is 19.8. The number of carbonyl (C=O) groups excluding carboxylic acids is 3. The van der Waals surface area contributed by atoms with E-state index in [-0.39, 0.29) is 35.2 Å². The minimum Gasteiger partial charge on any atom is -0.477 e. The van der Waals surface area contributed by atoms with E-state index in [1.54, 1.807) is 0 Å². The lowest BCUT2D eigenvalue weighted by atomic mass is 10.1. The van der Waals surface area contributed by atoms with Gasteiger partial charge in [-0.15, -0.1) is 11.8 Å². The SMILES string of the molecule is CCCCP(CCCC)(CCCC)=C(C(=O)O)N1C(=O)C(NC(=O)Cc2ccccc2)C1SCC(=O)C1CCCO1. The van der Waals surface area contributed by atoms with Crippen LogP contribution in [0.25, 0.3) is 0 Å². The zero-order chi connectivity index (χ0) is 29.8. The van der Waals surface area contributed by atoms with Crippen molar-refractivity contribution >= 4 is 47.6 Å². The summed E-state index contributed by atoms with van der Waals surface area (Å²) in [5.41, 5.74) is 1.07. The molecule has 0 aromatic heterocycles. The third-order valence-electron chi connectivity index (χ3n) is 7.94. The van der Waals surface area contributed by atoms with Gasteiger partial charge < -0.3 is 15.2 Å². The Morgan fingerprint density at radius 2 is 1.63 bits per heavy atom. The summed E-state index contributed by atoms with van der Waals surface area (Å²) in [6, 6.07) is 8.41. The number of ether oxygens (including phenoxy) is 1. The van der Waals surface area contributed by atoms with Crippen molar-refractivity contribution in [3.63, 3.8) is 0 Å². The average molecular weight is 607 g/mol. The van der Waals surface area contributed by atoms with E-state index < -0.39 is 30.4 Å². The smallest absolute Gasteiger partial charge is 0.352 e. The number of aliphatic carboxylic acids is 1. The van der Waals surface area contributed by atoms with Gasteiger partial charge in [-0.1, -0.05) is 77.3 Å². The molecule has 228 valence electrons. The molecule has 3 atom stereocenters. The molecule has 41 heavy (non-hydrogen) atoms. The molecular weight excluding hydrogens is 559 g/mol.